The number of halogens is 1. The maximum Gasteiger partial charge on any atom is 0.251 e. The van der Waals surface area contributed by atoms with Gasteiger partial charge >= 0.3 is 0 Å². The molecule has 4 N–H and O–H groups in total. The highest BCUT2D eigenvalue weighted by molar-refractivity contribution is 5.94. The van der Waals surface area contributed by atoms with E-state index >= 15 is 0 Å². The van der Waals surface area contributed by atoms with E-state index in [2.05, 4.69) is 10.5 Å². The van der Waals surface area contributed by atoms with Crippen LogP contribution in [0.1, 0.15) is 24.2 Å². The lowest BCUT2D eigenvalue weighted by Gasteiger charge is -2.23. The number of nitrogens with two attached hydrogens (primary N) is 1. The van der Waals surface area contributed by atoms with Crippen molar-refractivity contribution in [3.05, 3.63) is 35.6 Å². The second kappa shape index (κ2) is 5.48. The first-order chi connectivity index (χ1) is 8.36. The summed E-state index contributed by atoms with van der Waals surface area (Å²) in [5, 5.41) is 14.1. The van der Waals surface area contributed by atoms with Gasteiger partial charge in [0, 0.05) is 17.5 Å². The van der Waals surface area contributed by atoms with Gasteiger partial charge in [-0.15, -0.1) is 0 Å². The minimum absolute atomic E-state index is 0.0158. The monoisotopic (exact) mass is 253 g/mol. The molecule has 0 aliphatic rings. The molecule has 0 radical (unpaired) electrons. The van der Waals surface area contributed by atoms with E-state index in [0.29, 0.717) is 0 Å². The number of amides is 1. The third kappa shape index (κ3) is 3.44. The number of rotatable bonds is 4. The Labute approximate surface area is 104 Å². The Morgan fingerprint density at radius 2 is 2.22 bits per heavy atom. The Morgan fingerprint density at radius 1 is 1.56 bits per heavy atom. The fraction of sp³-hybridized carbons (Fsp3) is 0.333. The van der Waals surface area contributed by atoms with Gasteiger partial charge in [0.2, 0.25) is 0 Å². The first-order valence-electron chi connectivity index (χ1n) is 5.38. The maximum absolute atomic E-state index is 12.9. The average Bonchev–Trinajstić information content (AvgIpc) is 2.35. The molecule has 0 fully saturated rings. The van der Waals surface area contributed by atoms with Crippen molar-refractivity contribution >= 4 is 11.7 Å². The number of benzene rings is 1. The van der Waals surface area contributed by atoms with E-state index < -0.39 is 17.1 Å². The smallest absolute Gasteiger partial charge is 0.251 e. The topological polar surface area (TPSA) is 87.7 Å². The molecule has 18 heavy (non-hydrogen) atoms. The van der Waals surface area contributed by atoms with E-state index in [1.807, 2.05) is 0 Å². The van der Waals surface area contributed by atoms with Crippen molar-refractivity contribution in [2.24, 2.45) is 16.3 Å². The normalized spacial score (nSPS) is 12.3. The van der Waals surface area contributed by atoms with Gasteiger partial charge < -0.3 is 16.3 Å². The second-order valence-electron chi connectivity index (χ2n) is 4.56. The largest absolute Gasteiger partial charge is 0.409 e. The quantitative estimate of drug-likeness (QED) is 0.327. The molecular weight excluding hydrogens is 237 g/mol. The Morgan fingerprint density at radius 3 is 2.78 bits per heavy atom. The van der Waals surface area contributed by atoms with Gasteiger partial charge in [-0.25, -0.2) is 4.39 Å². The lowest BCUT2D eigenvalue weighted by molar-refractivity contribution is 0.0944. The molecule has 98 valence electrons. The van der Waals surface area contributed by atoms with E-state index in [1.165, 1.54) is 18.2 Å². The molecule has 0 saturated heterocycles. The molecule has 1 aromatic carbocycles. The van der Waals surface area contributed by atoms with Crippen molar-refractivity contribution in [1.82, 2.24) is 5.32 Å². The van der Waals surface area contributed by atoms with Crippen LogP contribution >= 0.6 is 0 Å². The second-order valence-corrected chi connectivity index (χ2v) is 4.56. The average molecular weight is 253 g/mol. The van der Waals surface area contributed by atoms with Gasteiger partial charge in [0.1, 0.15) is 11.7 Å². The predicted octanol–water partition coefficient (Wildman–Crippen LogP) is 1.33. The Bertz CT molecular complexity index is 472. The molecule has 1 rings (SSSR count). The standard InChI is InChI=1S/C12H16FN3O2/c1-12(2,11(14)16-18)7-15-10(17)8-4-3-5-9(13)6-8/h3-6,18H,7H2,1-2H3,(H2,14,16)(H,15,17). The summed E-state index contributed by atoms with van der Waals surface area (Å²) < 4.78 is 12.9. The van der Waals surface area contributed by atoms with Crippen LogP contribution in [0.15, 0.2) is 29.4 Å². The van der Waals surface area contributed by atoms with Crippen LogP contribution in [-0.4, -0.2) is 23.5 Å². The van der Waals surface area contributed by atoms with Crippen molar-refractivity contribution in [2.45, 2.75) is 13.8 Å². The minimum Gasteiger partial charge on any atom is -0.409 e. The van der Waals surface area contributed by atoms with Crippen molar-refractivity contribution in [2.75, 3.05) is 6.54 Å². The van der Waals surface area contributed by atoms with E-state index in [-0.39, 0.29) is 17.9 Å². The minimum atomic E-state index is -0.683. The molecule has 0 aliphatic heterocycles. The molecule has 1 amide bonds. The van der Waals surface area contributed by atoms with Crippen molar-refractivity contribution < 1.29 is 14.4 Å². The Hall–Kier alpha value is -2.11. The Balaban J connectivity index is 2.67. The number of hydrogen-bond acceptors (Lipinski definition) is 3. The number of amidine groups is 1. The van der Waals surface area contributed by atoms with E-state index in [1.54, 1.807) is 13.8 Å². The molecule has 0 saturated carbocycles. The molecule has 0 heterocycles. The first-order valence-corrected chi connectivity index (χ1v) is 5.38. The summed E-state index contributed by atoms with van der Waals surface area (Å²) in [6, 6.07) is 5.37. The van der Waals surface area contributed by atoms with Crippen LogP contribution in [0.4, 0.5) is 4.39 Å². The Kier molecular flexibility index (Phi) is 4.25. The third-order valence-electron chi connectivity index (χ3n) is 2.58. The molecule has 0 aromatic heterocycles. The van der Waals surface area contributed by atoms with Crippen LogP contribution < -0.4 is 11.1 Å². The summed E-state index contributed by atoms with van der Waals surface area (Å²) in [5.41, 5.74) is 5.03. The molecule has 0 atom stereocenters. The van der Waals surface area contributed by atoms with Crippen molar-refractivity contribution in [3.8, 4) is 0 Å². The van der Waals surface area contributed by atoms with Gasteiger partial charge in [-0.1, -0.05) is 25.1 Å². The molecule has 0 bridgehead atoms. The van der Waals surface area contributed by atoms with Crippen LogP contribution in [0.3, 0.4) is 0 Å². The predicted molar refractivity (Wildman–Crippen MR) is 65.9 cm³/mol. The highest BCUT2D eigenvalue weighted by atomic mass is 19.1. The van der Waals surface area contributed by atoms with Gasteiger partial charge in [0.05, 0.1) is 0 Å². The fourth-order valence-corrected chi connectivity index (χ4v) is 1.26. The first kappa shape index (κ1) is 14.0. The van der Waals surface area contributed by atoms with Gasteiger partial charge in [0.25, 0.3) is 5.91 Å². The number of nitrogens with one attached hydrogen (secondary N) is 1. The SMILES string of the molecule is CC(C)(CNC(=O)c1cccc(F)c1)/C(N)=N/O. The highest BCUT2D eigenvalue weighted by Crippen LogP contribution is 2.13. The molecule has 0 spiro atoms. The van der Waals surface area contributed by atoms with Crippen molar-refractivity contribution in [1.29, 1.82) is 0 Å². The van der Waals surface area contributed by atoms with E-state index in [9.17, 15) is 9.18 Å². The summed E-state index contributed by atoms with van der Waals surface area (Å²) >= 11 is 0. The number of carbonyl (C=O) groups excluding carboxylic acids is 1. The maximum atomic E-state index is 12.9. The van der Waals surface area contributed by atoms with Gasteiger partial charge in [0.15, 0.2) is 0 Å². The molecule has 6 heteroatoms. The highest BCUT2D eigenvalue weighted by Gasteiger charge is 2.24. The van der Waals surface area contributed by atoms with Gasteiger partial charge in [-0.2, -0.15) is 0 Å². The zero-order valence-corrected chi connectivity index (χ0v) is 10.3. The molecule has 0 unspecified atom stereocenters. The lowest BCUT2D eigenvalue weighted by atomic mass is 9.92. The zero-order valence-electron chi connectivity index (χ0n) is 10.3. The number of hydrogen-bond donors (Lipinski definition) is 3. The number of nitrogens with zero attached hydrogens (tertiary/aromatic N) is 1. The summed E-state index contributed by atoms with van der Waals surface area (Å²) in [6.07, 6.45) is 0. The van der Waals surface area contributed by atoms with Crippen LogP contribution in [0.5, 0.6) is 0 Å². The molecule has 0 aliphatic carbocycles. The summed E-state index contributed by atoms with van der Waals surface area (Å²) in [6.45, 7) is 3.61. The van der Waals surface area contributed by atoms with E-state index in [0.717, 1.165) is 6.07 Å². The van der Waals surface area contributed by atoms with Crippen LogP contribution in [0.25, 0.3) is 0 Å². The molecule has 5 nitrogen and oxygen atoms in total. The molecule has 1 aromatic rings. The fourth-order valence-electron chi connectivity index (χ4n) is 1.26. The molecular formula is C12H16FN3O2. The summed E-state index contributed by atoms with van der Waals surface area (Å²) in [4.78, 5) is 11.7. The van der Waals surface area contributed by atoms with Crippen LogP contribution in [0.2, 0.25) is 0 Å². The number of carbonyl (C=O) groups is 1. The summed E-state index contributed by atoms with van der Waals surface area (Å²) in [5.74, 6) is -0.867. The van der Waals surface area contributed by atoms with Crippen molar-refractivity contribution in [3.63, 3.8) is 0 Å². The lowest BCUT2D eigenvalue weighted by Crippen LogP contribution is -2.42. The number of oxime groups is 1. The van der Waals surface area contributed by atoms with Crippen LogP contribution in [-0.2, 0) is 0 Å². The van der Waals surface area contributed by atoms with E-state index in [4.69, 9.17) is 10.9 Å². The third-order valence-corrected chi connectivity index (χ3v) is 2.58. The van der Waals surface area contributed by atoms with Gasteiger partial charge in [-0.05, 0) is 18.2 Å². The zero-order chi connectivity index (χ0) is 13.8. The summed E-state index contributed by atoms with van der Waals surface area (Å²) in [7, 11) is 0. The van der Waals surface area contributed by atoms with Crippen LogP contribution in [0, 0.1) is 11.2 Å². The van der Waals surface area contributed by atoms with Gasteiger partial charge in [-0.3, -0.25) is 4.79 Å².